The van der Waals surface area contributed by atoms with Gasteiger partial charge in [-0.3, -0.25) is 0 Å². The quantitative estimate of drug-likeness (QED) is 0.718. The van der Waals surface area contributed by atoms with Crippen molar-refractivity contribution in [1.29, 1.82) is 0 Å². The third-order valence-electron chi connectivity index (χ3n) is 2.98. The second-order valence-electron chi connectivity index (χ2n) is 7.73. The van der Waals surface area contributed by atoms with Crippen LogP contribution in [0.4, 0.5) is 0 Å². The van der Waals surface area contributed by atoms with Crippen molar-refractivity contribution in [3.63, 3.8) is 0 Å². The number of nitrogens with two attached hydrogens (primary N) is 1. The molecule has 0 aliphatic carbocycles. The molecule has 2 nitrogen and oxygen atoms in total. The Hall–Kier alpha value is -0.0800. The zero-order chi connectivity index (χ0) is 13.7. The molecule has 0 rings (SSSR count). The minimum absolute atomic E-state index is 0.197. The van der Waals surface area contributed by atoms with E-state index in [1.807, 2.05) is 0 Å². The average Bonchev–Trinajstić information content (AvgIpc) is 2.07. The van der Waals surface area contributed by atoms with Gasteiger partial charge in [-0.15, -0.1) is 0 Å². The molecule has 0 heterocycles. The smallest absolute Gasteiger partial charge is 0.0130 e. The normalized spacial score (nSPS) is 15.4. The molecule has 0 spiro atoms. The Bertz CT molecular complexity index is 201. The highest BCUT2D eigenvalue weighted by atomic mass is 15.0. The van der Waals surface area contributed by atoms with Crippen molar-refractivity contribution >= 4 is 0 Å². The summed E-state index contributed by atoms with van der Waals surface area (Å²) in [6.45, 7) is 17.8. The molecule has 0 aromatic heterocycles. The van der Waals surface area contributed by atoms with Gasteiger partial charge in [0.15, 0.2) is 0 Å². The molecule has 3 N–H and O–H groups in total. The second kappa shape index (κ2) is 6.75. The van der Waals surface area contributed by atoms with Crippen LogP contribution in [0.25, 0.3) is 0 Å². The molecular formula is C15H34N2. The molecule has 2 heteroatoms. The molecule has 0 amide bonds. The first-order chi connectivity index (χ1) is 7.56. The molecule has 0 fully saturated rings. The van der Waals surface area contributed by atoms with Gasteiger partial charge in [-0.2, -0.15) is 0 Å². The Morgan fingerprint density at radius 2 is 1.59 bits per heavy atom. The Balaban J connectivity index is 4.14. The van der Waals surface area contributed by atoms with Crippen molar-refractivity contribution in [3.8, 4) is 0 Å². The summed E-state index contributed by atoms with van der Waals surface area (Å²) < 4.78 is 0. The first kappa shape index (κ1) is 16.9. The maximum absolute atomic E-state index is 5.84. The van der Waals surface area contributed by atoms with E-state index >= 15 is 0 Å². The van der Waals surface area contributed by atoms with Crippen LogP contribution in [-0.4, -0.2) is 18.6 Å². The lowest BCUT2D eigenvalue weighted by atomic mass is 9.81. The highest BCUT2D eigenvalue weighted by Gasteiger charge is 2.25. The summed E-state index contributed by atoms with van der Waals surface area (Å²) in [5, 5.41) is 3.69. The van der Waals surface area contributed by atoms with Gasteiger partial charge in [0.05, 0.1) is 0 Å². The predicted molar refractivity (Wildman–Crippen MR) is 78.2 cm³/mol. The van der Waals surface area contributed by atoms with Gasteiger partial charge >= 0.3 is 0 Å². The van der Waals surface area contributed by atoms with Crippen LogP contribution in [0, 0.1) is 17.3 Å². The summed E-state index contributed by atoms with van der Waals surface area (Å²) in [6.07, 6.45) is 2.40. The number of rotatable bonds is 7. The van der Waals surface area contributed by atoms with Gasteiger partial charge in [-0.25, -0.2) is 0 Å². The van der Waals surface area contributed by atoms with E-state index in [0.717, 1.165) is 19.0 Å². The first-order valence-electron chi connectivity index (χ1n) is 7.01. The highest BCUT2D eigenvalue weighted by molar-refractivity contribution is 4.84. The zero-order valence-electron chi connectivity index (χ0n) is 13.1. The summed E-state index contributed by atoms with van der Waals surface area (Å²) in [5.74, 6) is 1.34. The van der Waals surface area contributed by atoms with Crippen LogP contribution >= 0.6 is 0 Å². The standard InChI is InChI=1S/C15H34N2/c1-12(2)8-13(9-16)10-17-15(6,7)11-14(3,4)5/h12-13,17H,8-11,16H2,1-7H3. The molecule has 104 valence electrons. The van der Waals surface area contributed by atoms with Crippen LogP contribution in [0.5, 0.6) is 0 Å². The average molecular weight is 242 g/mol. The molecule has 0 saturated heterocycles. The van der Waals surface area contributed by atoms with Crippen LogP contribution in [0.1, 0.15) is 61.3 Å². The molecule has 1 unspecified atom stereocenters. The minimum Gasteiger partial charge on any atom is -0.330 e. The third kappa shape index (κ3) is 9.61. The molecule has 17 heavy (non-hydrogen) atoms. The maximum atomic E-state index is 5.84. The van der Waals surface area contributed by atoms with Crippen LogP contribution in [0.2, 0.25) is 0 Å². The van der Waals surface area contributed by atoms with Gasteiger partial charge in [0, 0.05) is 5.54 Å². The van der Waals surface area contributed by atoms with Gasteiger partial charge in [0.25, 0.3) is 0 Å². The topological polar surface area (TPSA) is 38.0 Å². The van der Waals surface area contributed by atoms with Crippen molar-refractivity contribution in [2.45, 2.75) is 66.8 Å². The zero-order valence-corrected chi connectivity index (χ0v) is 13.1. The lowest BCUT2D eigenvalue weighted by molar-refractivity contribution is 0.227. The van der Waals surface area contributed by atoms with Gasteiger partial charge in [0.1, 0.15) is 0 Å². The van der Waals surface area contributed by atoms with Crippen molar-refractivity contribution in [2.24, 2.45) is 23.0 Å². The fraction of sp³-hybridized carbons (Fsp3) is 1.00. The van der Waals surface area contributed by atoms with E-state index in [4.69, 9.17) is 5.73 Å². The predicted octanol–water partition coefficient (Wildman–Crippen LogP) is 3.41. The van der Waals surface area contributed by atoms with Crippen LogP contribution < -0.4 is 11.1 Å². The SMILES string of the molecule is CC(C)CC(CN)CNC(C)(C)CC(C)(C)C. The molecular weight excluding hydrogens is 208 g/mol. The van der Waals surface area contributed by atoms with Crippen molar-refractivity contribution in [3.05, 3.63) is 0 Å². The summed E-state index contributed by atoms with van der Waals surface area (Å²) in [4.78, 5) is 0. The van der Waals surface area contributed by atoms with E-state index < -0.39 is 0 Å². The summed E-state index contributed by atoms with van der Waals surface area (Å²) in [5.41, 5.74) is 6.40. The molecule has 0 bridgehead atoms. The molecule has 0 aromatic carbocycles. The van der Waals surface area contributed by atoms with Crippen molar-refractivity contribution in [1.82, 2.24) is 5.32 Å². The molecule has 0 aliphatic rings. The van der Waals surface area contributed by atoms with Gasteiger partial charge in [-0.05, 0) is 57.0 Å². The second-order valence-corrected chi connectivity index (χ2v) is 7.73. The molecule has 1 atom stereocenters. The van der Waals surface area contributed by atoms with Gasteiger partial charge in [-0.1, -0.05) is 34.6 Å². The lowest BCUT2D eigenvalue weighted by Crippen LogP contribution is -2.45. The fourth-order valence-electron chi connectivity index (χ4n) is 2.74. The van der Waals surface area contributed by atoms with E-state index in [1.54, 1.807) is 0 Å². The Morgan fingerprint density at radius 1 is 1.06 bits per heavy atom. The van der Waals surface area contributed by atoms with Gasteiger partial charge < -0.3 is 11.1 Å². The van der Waals surface area contributed by atoms with E-state index in [1.165, 1.54) is 12.8 Å². The van der Waals surface area contributed by atoms with E-state index in [2.05, 4.69) is 53.8 Å². The summed E-state index contributed by atoms with van der Waals surface area (Å²) >= 11 is 0. The molecule has 0 aliphatic heterocycles. The molecule has 0 saturated carbocycles. The number of hydrogen-bond acceptors (Lipinski definition) is 2. The Labute approximate surface area is 109 Å². The van der Waals surface area contributed by atoms with Gasteiger partial charge in [0.2, 0.25) is 0 Å². The molecule has 0 aromatic rings. The summed E-state index contributed by atoms with van der Waals surface area (Å²) in [7, 11) is 0. The first-order valence-corrected chi connectivity index (χ1v) is 7.01. The van der Waals surface area contributed by atoms with Crippen molar-refractivity contribution < 1.29 is 0 Å². The van der Waals surface area contributed by atoms with Crippen molar-refractivity contribution in [2.75, 3.05) is 13.1 Å². The monoisotopic (exact) mass is 242 g/mol. The third-order valence-corrected chi connectivity index (χ3v) is 2.98. The minimum atomic E-state index is 0.197. The number of hydrogen-bond donors (Lipinski definition) is 2. The van der Waals surface area contributed by atoms with E-state index in [-0.39, 0.29) is 5.54 Å². The Morgan fingerprint density at radius 3 is 1.94 bits per heavy atom. The Kier molecular flexibility index (Phi) is 6.71. The molecule has 0 radical (unpaired) electrons. The van der Waals surface area contributed by atoms with Crippen LogP contribution in [0.3, 0.4) is 0 Å². The number of nitrogens with one attached hydrogen (secondary N) is 1. The van der Waals surface area contributed by atoms with Crippen LogP contribution in [0.15, 0.2) is 0 Å². The summed E-state index contributed by atoms with van der Waals surface area (Å²) in [6, 6.07) is 0. The maximum Gasteiger partial charge on any atom is 0.0130 e. The lowest BCUT2D eigenvalue weighted by Gasteiger charge is -2.35. The van der Waals surface area contributed by atoms with Crippen LogP contribution in [-0.2, 0) is 0 Å². The highest BCUT2D eigenvalue weighted by Crippen LogP contribution is 2.27. The van der Waals surface area contributed by atoms with E-state index in [0.29, 0.717) is 11.3 Å². The van der Waals surface area contributed by atoms with E-state index in [9.17, 15) is 0 Å². The largest absolute Gasteiger partial charge is 0.330 e. The fourth-order valence-corrected chi connectivity index (χ4v) is 2.74.